The molecular weight excluding hydrogens is 236 g/mol. The molecule has 0 aromatic heterocycles. The molecule has 2 nitrogen and oxygen atoms in total. The number of carbonyl (C=O) groups excluding carboxylic acids is 1. The lowest BCUT2D eigenvalue weighted by Crippen LogP contribution is -2.30. The van der Waals surface area contributed by atoms with Gasteiger partial charge in [-0.05, 0) is 38.8 Å². The molecule has 1 aliphatic rings. The highest BCUT2D eigenvalue weighted by Crippen LogP contribution is 2.40. The Bertz CT molecular complexity index is 456. The average molecular weight is 260 g/mol. The summed E-state index contributed by atoms with van der Waals surface area (Å²) in [5, 5.41) is 0. The van der Waals surface area contributed by atoms with Crippen molar-refractivity contribution < 1.29 is 9.53 Å². The molecule has 0 unspecified atom stereocenters. The topological polar surface area (TPSA) is 26.3 Å². The molecule has 2 heteroatoms. The van der Waals surface area contributed by atoms with E-state index in [0.717, 1.165) is 42.6 Å². The minimum atomic E-state index is -0.197. The number of aryl methyl sites for hydroxylation is 1. The lowest BCUT2D eigenvalue weighted by molar-refractivity contribution is 0.0745. The van der Waals surface area contributed by atoms with E-state index in [1.807, 2.05) is 32.0 Å². The quantitative estimate of drug-likeness (QED) is 0.742. The van der Waals surface area contributed by atoms with Crippen molar-refractivity contribution in [2.45, 2.75) is 52.9 Å². The van der Waals surface area contributed by atoms with E-state index in [2.05, 4.69) is 6.92 Å². The number of Topliss-reactive ketones (excluding diaryl/α,β-unsaturated/α-hetero) is 1. The highest BCUT2D eigenvalue weighted by molar-refractivity contribution is 6.02. The molecule has 1 saturated carbocycles. The first-order valence-electron chi connectivity index (χ1n) is 7.35. The summed E-state index contributed by atoms with van der Waals surface area (Å²) in [5.41, 5.74) is 1.69. The smallest absolute Gasteiger partial charge is 0.172 e. The van der Waals surface area contributed by atoms with E-state index in [-0.39, 0.29) is 11.2 Å². The van der Waals surface area contributed by atoms with Gasteiger partial charge in [0.2, 0.25) is 0 Å². The van der Waals surface area contributed by atoms with E-state index < -0.39 is 0 Å². The van der Waals surface area contributed by atoms with Gasteiger partial charge in [-0.1, -0.05) is 37.8 Å². The Kier molecular flexibility index (Phi) is 4.28. The number of hydrogen-bond acceptors (Lipinski definition) is 2. The van der Waals surface area contributed by atoms with Crippen molar-refractivity contribution in [2.24, 2.45) is 5.41 Å². The molecular formula is C17H24O2. The van der Waals surface area contributed by atoms with Crippen molar-refractivity contribution in [2.75, 3.05) is 6.61 Å². The first-order chi connectivity index (χ1) is 9.07. The molecule has 0 aliphatic heterocycles. The molecule has 0 atom stereocenters. The molecule has 2 rings (SSSR count). The van der Waals surface area contributed by atoms with E-state index in [1.165, 1.54) is 6.42 Å². The zero-order valence-electron chi connectivity index (χ0n) is 12.3. The molecule has 19 heavy (non-hydrogen) atoms. The van der Waals surface area contributed by atoms with Gasteiger partial charge in [-0.25, -0.2) is 0 Å². The molecule has 0 bridgehead atoms. The Hall–Kier alpha value is -1.31. The highest BCUT2D eigenvalue weighted by Gasteiger charge is 2.36. The van der Waals surface area contributed by atoms with E-state index in [0.29, 0.717) is 6.61 Å². The first kappa shape index (κ1) is 14.1. The van der Waals surface area contributed by atoms with Gasteiger partial charge in [-0.2, -0.15) is 0 Å². The minimum Gasteiger partial charge on any atom is -0.493 e. The Morgan fingerprint density at radius 3 is 2.58 bits per heavy atom. The highest BCUT2D eigenvalue weighted by atomic mass is 16.5. The van der Waals surface area contributed by atoms with E-state index in [4.69, 9.17) is 4.74 Å². The second-order valence-electron chi connectivity index (χ2n) is 5.88. The summed E-state index contributed by atoms with van der Waals surface area (Å²) in [6.45, 7) is 6.69. The van der Waals surface area contributed by atoms with Crippen LogP contribution >= 0.6 is 0 Å². The number of benzene rings is 1. The van der Waals surface area contributed by atoms with Crippen molar-refractivity contribution in [1.82, 2.24) is 0 Å². The van der Waals surface area contributed by atoms with E-state index in [1.54, 1.807) is 0 Å². The zero-order chi connectivity index (χ0) is 13.9. The summed E-state index contributed by atoms with van der Waals surface area (Å²) in [5.74, 6) is 1.00. The Morgan fingerprint density at radius 2 is 1.95 bits per heavy atom. The summed E-state index contributed by atoms with van der Waals surface area (Å²) < 4.78 is 5.63. The van der Waals surface area contributed by atoms with Crippen LogP contribution in [0.25, 0.3) is 0 Å². The molecule has 1 fully saturated rings. The van der Waals surface area contributed by atoms with Crippen LogP contribution in [0.3, 0.4) is 0 Å². The Balaban J connectivity index is 2.33. The minimum absolute atomic E-state index is 0.197. The van der Waals surface area contributed by atoms with E-state index in [9.17, 15) is 4.79 Å². The van der Waals surface area contributed by atoms with Crippen molar-refractivity contribution in [3.63, 3.8) is 0 Å². The van der Waals surface area contributed by atoms with Crippen LogP contribution in [0, 0.1) is 12.3 Å². The van der Waals surface area contributed by atoms with Crippen LogP contribution in [-0.2, 0) is 0 Å². The SMILES string of the molecule is CCOc1ccc(C)cc1C(=O)C1(C)CCCCC1. The molecule has 0 spiro atoms. The molecule has 0 radical (unpaired) electrons. The maximum atomic E-state index is 12.9. The fourth-order valence-corrected chi connectivity index (χ4v) is 2.99. The van der Waals surface area contributed by atoms with Gasteiger partial charge < -0.3 is 4.74 Å². The van der Waals surface area contributed by atoms with Crippen LogP contribution in [0.4, 0.5) is 0 Å². The maximum absolute atomic E-state index is 12.9. The van der Waals surface area contributed by atoms with Crippen LogP contribution in [0.1, 0.15) is 61.9 Å². The van der Waals surface area contributed by atoms with Gasteiger partial charge in [0.15, 0.2) is 5.78 Å². The first-order valence-corrected chi connectivity index (χ1v) is 7.35. The number of ketones is 1. The normalized spacial score (nSPS) is 18.1. The van der Waals surface area contributed by atoms with E-state index >= 15 is 0 Å². The molecule has 1 aromatic rings. The summed E-state index contributed by atoms with van der Waals surface area (Å²) in [7, 11) is 0. The van der Waals surface area contributed by atoms with Gasteiger partial charge in [0, 0.05) is 5.41 Å². The largest absolute Gasteiger partial charge is 0.493 e. The van der Waals surface area contributed by atoms with Crippen molar-refractivity contribution >= 4 is 5.78 Å². The van der Waals surface area contributed by atoms with Crippen LogP contribution in [0.2, 0.25) is 0 Å². The summed E-state index contributed by atoms with van der Waals surface area (Å²) >= 11 is 0. The fourth-order valence-electron chi connectivity index (χ4n) is 2.99. The lowest BCUT2D eigenvalue weighted by Gasteiger charge is -2.32. The molecule has 0 N–H and O–H groups in total. The van der Waals surface area contributed by atoms with Crippen LogP contribution in [0.15, 0.2) is 18.2 Å². The van der Waals surface area contributed by atoms with Crippen LogP contribution in [-0.4, -0.2) is 12.4 Å². The standard InChI is InChI=1S/C17H24O2/c1-4-19-15-9-8-13(2)12-14(15)16(18)17(3)10-6-5-7-11-17/h8-9,12H,4-7,10-11H2,1-3H3. The molecule has 1 aliphatic carbocycles. The Labute approximate surface area is 116 Å². The van der Waals surface area contributed by atoms with Gasteiger partial charge in [0.05, 0.1) is 12.2 Å². The maximum Gasteiger partial charge on any atom is 0.172 e. The summed E-state index contributed by atoms with van der Waals surface area (Å²) in [4.78, 5) is 12.9. The summed E-state index contributed by atoms with van der Waals surface area (Å²) in [6, 6.07) is 5.91. The summed E-state index contributed by atoms with van der Waals surface area (Å²) in [6.07, 6.45) is 5.60. The average Bonchev–Trinajstić information content (AvgIpc) is 2.41. The van der Waals surface area contributed by atoms with Crippen molar-refractivity contribution in [3.05, 3.63) is 29.3 Å². The number of rotatable bonds is 4. The third-order valence-corrected chi connectivity index (χ3v) is 4.18. The number of ether oxygens (including phenoxy) is 1. The van der Waals surface area contributed by atoms with Gasteiger partial charge in [-0.3, -0.25) is 4.79 Å². The third-order valence-electron chi connectivity index (χ3n) is 4.18. The molecule has 104 valence electrons. The fraction of sp³-hybridized carbons (Fsp3) is 0.588. The monoisotopic (exact) mass is 260 g/mol. The second kappa shape index (κ2) is 5.77. The van der Waals surface area contributed by atoms with Crippen LogP contribution in [0.5, 0.6) is 5.75 Å². The Morgan fingerprint density at radius 1 is 1.26 bits per heavy atom. The van der Waals surface area contributed by atoms with Crippen molar-refractivity contribution in [1.29, 1.82) is 0 Å². The van der Waals surface area contributed by atoms with Gasteiger partial charge in [-0.15, -0.1) is 0 Å². The van der Waals surface area contributed by atoms with Gasteiger partial charge in [0.25, 0.3) is 0 Å². The molecule has 0 amide bonds. The number of carbonyl (C=O) groups is 1. The molecule has 0 saturated heterocycles. The predicted molar refractivity (Wildman–Crippen MR) is 77.9 cm³/mol. The second-order valence-corrected chi connectivity index (χ2v) is 5.88. The molecule has 1 aromatic carbocycles. The van der Waals surface area contributed by atoms with Gasteiger partial charge >= 0.3 is 0 Å². The zero-order valence-corrected chi connectivity index (χ0v) is 12.3. The van der Waals surface area contributed by atoms with Gasteiger partial charge in [0.1, 0.15) is 5.75 Å². The van der Waals surface area contributed by atoms with Crippen molar-refractivity contribution in [3.8, 4) is 5.75 Å². The molecule has 0 heterocycles. The lowest BCUT2D eigenvalue weighted by atomic mass is 9.71. The third kappa shape index (κ3) is 2.99. The number of hydrogen-bond donors (Lipinski definition) is 0. The van der Waals surface area contributed by atoms with Crippen LogP contribution < -0.4 is 4.74 Å². The predicted octanol–water partition coefficient (Wildman–Crippen LogP) is 4.55.